The molecule has 1 aromatic heterocycles. The predicted octanol–water partition coefficient (Wildman–Crippen LogP) is 3.60. The number of thiophene rings is 1. The van der Waals surface area contributed by atoms with Gasteiger partial charge in [-0.15, -0.1) is 11.3 Å². The molecule has 0 spiro atoms. The number of halogens is 4. The van der Waals surface area contributed by atoms with Crippen molar-refractivity contribution < 1.29 is 13.2 Å². The summed E-state index contributed by atoms with van der Waals surface area (Å²) >= 11 is 4.94. The van der Waals surface area contributed by atoms with E-state index in [1.165, 1.54) is 4.88 Å². The molecule has 0 unspecified atom stereocenters. The summed E-state index contributed by atoms with van der Waals surface area (Å²) in [6.45, 7) is 0.582. The lowest BCUT2D eigenvalue weighted by atomic mass is 10.3. The van der Waals surface area contributed by atoms with Gasteiger partial charge in [0.2, 0.25) is 0 Å². The molecule has 0 atom stereocenters. The van der Waals surface area contributed by atoms with Crippen LogP contribution in [-0.4, -0.2) is 19.3 Å². The molecule has 0 amide bonds. The lowest BCUT2D eigenvalue weighted by molar-refractivity contribution is -0.133. The Kier molecular flexibility index (Phi) is 5.08. The average molecular weight is 302 g/mol. The Morgan fingerprint density at radius 1 is 1.27 bits per heavy atom. The Hall–Kier alpha value is -0.0700. The van der Waals surface area contributed by atoms with Crippen LogP contribution < -0.4 is 5.32 Å². The van der Waals surface area contributed by atoms with Gasteiger partial charge in [0, 0.05) is 11.4 Å². The fraction of sp³-hybridized carbons (Fsp3) is 0.556. The quantitative estimate of drug-likeness (QED) is 0.820. The molecule has 86 valence electrons. The highest BCUT2D eigenvalue weighted by Crippen LogP contribution is 2.22. The van der Waals surface area contributed by atoms with E-state index >= 15 is 0 Å². The van der Waals surface area contributed by atoms with Gasteiger partial charge in [-0.3, -0.25) is 0 Å². The molecule has 1 N–H and O–H groups in total. The van der Waals surface area contributed by atoms with Gasteiger partial charge in [-0.1, -0.05) is 0 Å². The van der Waals surface area contributed by atoms with E-state index in [-0.39, 0.29) is 6.54 Å². The fourth-order valence-corrected chi connectivity index (χ4v) is 2.54. The van der Waals surface area contributed by atoms with Crippen LogP contribution in [0, 0.1) is 0 Å². The zero-order valence-electron chi connectivity index (χ0n) is 7.90. The first-order valence-corrected chi connectivity index (χ1v) is 6.10. The highest BCUT2D eigenvalue weighted by Gasteiger charge is 2.25. The third-order valence-electron chi connectivity index (χ3n) is 1.76. The van der Waals surface area contributed by atoms with Crippen molar-refractivity contribution in [2.24, 2.45) is 0 Å². The zero-order chi connectivity index (χ0) is 11.3. The Bertz CT molecular complexity index is 298. The second-order valence-corrected chi connectivity index (χ2v) is 5.62. The van der Waals surface area contributed by atoms with Crippen molar-refractivity contribution in [2.45, 2.75) is 19.0 Å². The molecule has 0 aromatic carbocycles. The number of hydrogen-bond donors (Lipinski definition) is 1. The molecule has 0 aliphatic heterocycles. The molecule has 1 aromatic rings. The standard InChI is InChI=1S/C9H11BrF3NS/c10-8-2-1-7(15-8)3-5-14-6-4-9(11,12)13/h1-2,14H,3-6H2. The Morgan fingerprint density at radius 3 is 2.53 bits per heavy atom. The Balaban J connectivity index is 2.07. The summed E-state index contributed by atoms with van der Waals surface area (Å²) < 4.78 is 36.3. The number of alkyl halides is 3. The fourth-order valence-electron chi connectivity index (χ4n) is 1.05. The van der Waals surface area contributed by atoms with Crippen molar-refractivity contribution in [3.05, 3.63) is 20.8 Å². The van der Waals surface area contributed by atoms with Crippen LogP contribution in [0.4, 0.5) is 13.2 Å². The lowest BCUT2D eigenvalue weighted by Gasteiger charge is -2.06. The van der Waals surface area contributed by atoms with Crippen LogP contribution in [0.3, 0.4) is 0 Å². The molecule has 15 heavy (non-hydrogen) atoms. The molecule has 1 nitrogen and oxygen atoms in total. The highest BCUT2D eigenvalue weighted by molar-refractivity contribution is 9.11. The summed E-state index contributed by atoms with van der Waals surface area (Å²) in [5.74, 6) is 0. The Labute approximate surface area is 98.8 Å². The predicted molar refractivity (Wildman–Crippen MR) is 59.3 cm³/mol. The molecule has 0 aliphatic rings. The lowest BCUT2D eigenvalue weighted by Crippen LogP contribution is -2.23. The van der Waals surface area contributed by atoms with Gasteiger partial charge >= 0.3 is 6.18 Å². The molecular formula is C9H11BrF3NS. The minimum atomic E-state index is -4.06. The van der Waals surface area contributed by atoms with Gasteiger partial charge in [0.1, 0.15) is 0 Å². The second kappa shape index (κ2) is 5.86. The minimum absolute atomic E-state index is 0.00392. The summed E-state index contributed by atoms with van der Waals surface area (Å²) in [5, 5.41) is 2.77. The largest absolute Gasteiger partial charge is 0.390 e. The van der Waals surface area contributed by atoms with Gasteiger partial charge in [0.15, 0.2) is 0 Å². The number of nitrogens with one attached hydrogen (secondary N) is 1. The maximum Gasteiger partial charge on any atom is 0.390 e. The van der Waals surface area contributed by atoms with E-state index in [0.717, 1.165) is 10.2 Å². The Morgan fingerprint density at radius 2 is 2.00 bits per heavy atom. The highest BCUT2D eigenvalue weighted by atomic mass is 79.9. The van der Waals surface area contributed by atoms with Gasteiger partial charge < -0.3 is 5.32 Å². The molecule has 0 saturated carbocycles. The van der Waals surface area contributed by atoms with Crippen LogP contribution in [-0.2, 0) is 6.42 Å². The molecule has 0 fully saturated rings. The summed E-state index contributed by atoms with van der Waals surface area (Å²) in [4.78, 5) is 1.17. The van der Waals surface area contributed by atoms with Crippen LogP contribution in [0.25, 0.3) is 0 Å². The van der Waals surface area contributed by atoms with E-state index in [1.807, 2.05) is 12.1 Å². The number of hydrogen-bond acceptors (Lipinski definition) is 2. The van der Waals surface area contributed by atoms with E-state index in [9.17, 15) is 13.2 Å². The molecule has 0 aliphatic carbocycles. The normalized spacial score (nSPS) is 12.0. The van der Waals surface area contributed by atoms with E-state index in [2.05, 4.69) is 21.2 Å². The maximum absolute atomic E-state index is 11.8. The van der Waals surface area contributed by atoms with Gasteiger partial charge in [-0.25, -0.2) is 0 Å². The van der Waals surface area contributed by atoms with Crippen molar-refractivity contribution in [1.29, 1.82) is 0 Å². The van der Waals surface area contributed by atoms with Crippen LogP contribution in [0.15, 0.2) is 15.9 Å². The molecule has 6 heteroatoms. The van der Waals surface area contributed by atoms with Gasteiger partial charge in [-0.2, -0.15) is 13.2 Å². The molecular weight excluding hydrogens is 291 g/mol. The van der Waals surface area contributed by atoms with Crippen molar-refractivity contribution >= 4 is 27.3 Å². The van der Waals surface area contributed by atoms with Crippen molar-refractivity contribution in [3.8, 4) is 0 Å². The van der Waals surface area contributed by atoms with E-state index in [0.29, 0.717) is 6.54 Å². The molecule has 0 saturated heterocycles. The molecule has 0 radical (unpaired) electrons. The third-order valence-corrected chi connectivity index (χ3v) is 3.45. The summed E-state index contributed by atoms with van der Waals surface area (Å²) in [7, 11) is 0. The van der Waals surface area contributed by atoms with E-state index in [1.54, 1.807) is 11.3 Å². The van der Waals surface area contributed by atoms with Crippen LogP contribution in [0.1, 0.15) is 11.3 Å². The van der Waals surface area contributed by atoms with Gasteiger partial charge in [-0.05, 0) is 41.0 Å². The first-order chi connectivity index (χ1) is 6.97. The average Bonchev–Trinajstić information content (AvgIpc) is 2.49. The van der Waals surface area contributed by atoms with Crippen molar-refractivity contribution in [3.63, 3.8) is 0 Å². The van der Waals surface area contributed by atoms with Gasteiger partial charge in [0.25, 0.3) is 0 Å². The van der Waals surface area contributed by atoms with Crippen molar-refractivity contribution in [2.75, 3.05) is 13.1 Å². The topological polar surface area (TPSA) is 12.0 Å². The van der Waals surface area contributed by atoms with E-state index < -0.39 is 12.6 Å². The first kappa shape index (κ1) is 13.0. The second-order valence-electron chi connectivity index (χ2n) is 3.07. The SMILES string of the molecule is FC(F)(F)CCNCCc1ccc(Br)s1. The summed E-state index contributed by atoms with van der Waals surface area (Å²) in [6.07, 6.45) is -4.05. The molecule has 1 heterocycles. The summed E-state index contributed by atoms with van der Waals surface area (Å²) in [5.41, 5.74) is 0. The smallest absolute Gasteiger partial charge is 0.316 e. The maximum atomic E-state index is 11.8. The molecule has 0 bridgehead atoms. The first-order valence-electron chi connectivity index (χ1n) is 4.49. The van der Waals surface area contributed by atoms with Crippen LogP contribution in [0.5, 0.6) is 0 Å². The van der Waals surface area contributed by atoms with Gasteiger partial charge in [0.05, 0.1) is 10.2 Å². The number of rotatable bonds is 5. The van der Waals surface area contributed by atoms with Crippen LogP contribution >= 0.6 is 27.3 Å². The minimum Gasteiger partial charge on any atom is -0.316 e. The van der Waals surface area contributed by atoms with Crippen molar-refractivity contribution in [1.82, 2.24) is 5.32 Å². The zero-order valence-corrected chi connectivity index (χ0v) is 10.3. The van der Waals surface area contributed by atoms with Crippen LogP contribution in [0.2, 0.25) is 0 Å². The summed E-state index contributed by atoms with van der Waals surface area (Å²) in [6, 6.07) is 3.91. The monoisotopic (exact) mass is 301 g/mol. The molecule has 1 rings (SSSR count). The third kappa shape index (κ3) is 6.17. The van der Waals surface area contributed by atoms with E-state index in [4.69, 9.17) is 0 Å².